The Bertz CT molecular complexity index is 223. The summed E-state index contributed by atoms with van der Waals surface area (Å²) < 4.78 is 11.3. The highest BCUT2D eigenvalue weighted by Gasteiger charge is 2.21. The van der Waals surface area contributed by atoms with Crippen LogP contribution in [-0.2, 0) is 10.8 Å². The van der Waals surface area contributed by atoms with E-state index in [1.54, 1.807) is 6.26 Å². The predicted molar refractivity (Wildman–Crippen MR) is 71.2 cm³/mol. The van der Waals surface area contributed by atoms with Gasteiger partial charge >= 0.3 is 0 Å². The zero-order chi connectivity index (χ0) is 12.1. The minimum atomic E-state index is -0.687. The Hall–Kier alpha value is 0.0700. The van der Waals surface area contributed by atoms with Gasteiger partial charge in [0, 0.05) is 41.9 Å². The third-order valence-electron chi connectivity index (χ3n) is 3.18. The van der Waals surface area contributed by atoms with Gasteiger partial charge in [0.05, 0.1) is 0 Å². The van der Waals surface area contributed by atoms with Crippen molar-refractivity contribution >= 4 is 10.8 Å². The molecule has 1 saturated heterocycles. The van der Waals surface area contributed by atoms with E-state index in [2.05, 4.69) is 31.0 Å². The number of rotatable bonds is 3. The number of nitrogens with one attached hydrogen (secondary N) is 1. The number of hydrogen-bond donors (Lipinski definition) is 1. The van der Waals surface area contributed by atoms with Crippen LogP contribution in [-0.4, -0.2) is 53.3 Å². The van der Waals surface area contributed by atoms with Crippen LogP contribution in [0.4, 0.5) is 0 Å². The molecule has 0 bridgehead atoms. The Labute approximate surface area is 102 Å². The largest absolute Gasteiger partial charge is 0.316 e. The van der Waals surface area contributed by atoms with Gasteiger partial charge in [-0.25, -0.2) is 0 Å². The topological polar surface area (TPSA) is 32.3 Å². The van der Waals surface area contributed by atoms with Crippen LogP contribution >= 0.6 is 0 Å². The van der Waals surface area contributed by atoms with Crippen LogP contribution in [0.25, 0.3) is 0 Å². The van der Waals surface area contributed by atoms with E-state index < -0.39 is 10.8 Å². The van der Waals surface area contributed by atoms with Crippen molar-refractivity contribution in [3.63, 3.8) is 0 Å². The van der Waals surface area contributed by atoms with E-state index in [0.29, 0.717) is 17.9 Å². The Morgan fingerprint density at radius 3 is 2.25 bits per heavy atom. The van der Waals surface area contributed by atoms with Crippen molar-refractivity contribution in [1.82, 2.24) is 10.2 Å². The Balaban J connectivity index is 2.55. The van der Waals surface area contributed by atoms with Crippen molar-refractivity contribution < 1.29 is 4.21 Å². The summed E-state index contributed by atoms with van der Waals surface area (Å²) in [4.78, 5) is 2.51. The van der Waals surface area contributed by atoms with E-state index in [-0.39, 0.29) is 0 Å². The van der Waals surface area contributed by atoms with Gasteiger partial charge in [-0.1, -0.05) is 13.8 Å². The monoisotopic (exact) mass is 246 g/mol. The number of hydrogen-bond acceptors (Lipinski definition) is 3. The fourth-order valence-corrected chi connectivity index (χ4v) is 3.28. The summed E-state index contributed by atoms with van der Waals surface area (Å²) in [5, 5.41) is 3.50. The van der Waals surface area contributed by atoms with Crippen LogP contribution < -0.4 is 5.32 Å². The highest BCUT2D eigenvalue weighted by atomic mass is 32.2. The van der Waals surface area contributed by atoms with Gasteiger partial charge < -0.3 is 5.32 Å². The second-order valence-corrected chi connectivity index (χ2v) is 6.89. The first kappa shape index (κ1) is 14.1. The van der Waals surface area contributed by atoms with Gasteiger partial charge in [-0.05, 0) is 31.8 Å². The maximum atomic E-state index is 11.3. The lowest BCUT2D eigenvalue weighted by molar-refractivity contribution is 0.152. The number of nitrogens with zero attached hydrogens (tertiary/aromatic N) is 1. The lowest BCUT2D eigenvalue weighted by Crippen LogP contribution is -2.47. The molecule has 1 fully saturated rings. The lowest BCUT2D eigenvalue weighted by Gasteiger charge is -2.35. The molecule has 0 aromatic carbocycles. The van der Waals surface area contributed by atoms with Crippen LogP contribution in [0.1, 0.15) is 20.8 Å². The minimum Gasteiger partial charge on any atom is -0.316 e. The van der Waals surface area contributed by atoms with Gasteiger partial charge in [0.1, 0.15) is 0 Å². The first-order chi connectivity index (χ1) is 7.49. The van der Waals surface area contributed by atoms with E-state index in [1.165, 1.54) is 0 Å². The predicted octanol–water partition coefficient (Wildman–Crippen LogP) is 0.931. The molecule has 1 heterocycles. The van der Waals surface area contributed by atoms with Crippen LogP contribution in [0.3, 0.4) is 0 Å². The quantitative estimate of drug-likeness (QED) is 0.804. The van der Waals surface area contributed by atoms with Crippen LogP contribution in [0.5, 0.6) is 0 Å². The van der Waals surface area contributed by atoms with Crippen LogP contribution in [0.15, 0.2) is 0 Å². The highest BCUT2D eigenvalue weighted by molar-refractivity contribution is 7.84. The average Bonchev–Trinajstić information content (AvgIpc) is 2.12. The fourth-order valence-electron chi connectivity index (χ4n) is 2.39. The van der Waals surface area contributed by atoms with E-state index in [4.69, 9.17) is 0 Å². The molecule has 0 aliphatic carbocycles. The zero-order valence-electron chi connectivity index (χ0n) is 11.0. The summed E-state index contributed by atoms with van der Waals surface area (Å²) in [5.41, 5.74) is 0. The van der Waals surface area contributed by atoms with Gasteiger partial charge in [-0.3, -0.25) is 9.11 Å². The third-order valence-corrected chi connectivity index (χ3v) is 4.13. The molecule has 96 valence electrons. The van der Waals surface area contributed by atoms with Crippen molar-refractivity contribution in [3.05, 3.63) is 0 Å². The average molecular weight is 246 g/mol. The van der Waals surface area contributed by atoms with Crippen molar-refractivity contribution in [2.24, 2.45) is 11.8 Å². The molecule has 1 N–H and O–H groups in total. The molecule has 4 unspecified atom stereocenters. The first-order valence-corrected chi connectivity index (χ1v) is 7.96. The van der Waals surface area contributed by atoms with E-state index in [0.717, 1.165) is 31.9 Å². The molecule has 4 atom stereocenters. The Morgan fingerprint density at radius 1 is 1.31 bits per heavy atom. The van der Waals surface area contributed by atoms with Gasteiger partial charge in [0.2, 0.25) is 0 Å². The zero-order valence-corrected chi connectivity index (χ0v) is 11.8. The Morgan fingerprint density at radius 2 is 1.81 bits per heavy atom. The molecule has 0 radical (unpaired) electrons. The second-order valence-electron chi connectivity index (χ2n) is 5.41. The summed E-state index contributed by atoms with van der Waals surface area (Å²) in [6, 6.07) is 0.439. The lowest BCUT2D eigenvalue weighted by atomic mass is 10.0. The smallest absolute Gasteiger partial charge is 0.0385 e. The second kappa shape index (κ2) is 6.72. The standard InChI is InChI=1S/C12H26N2OS/c1-10-5-13-6-11(2)8-14(7-10)12(3)9-16(4)15/h10-13H,5-9H2,1-4H3. The molecular formula is C12H26N2OS. The summed E-state index contributed by atoms with van der Waals surface area (Å²) >= 11 is 0. The molecular weight excluding hydrogens is 220 g/mol. The van der Waals surface area contributed by atoms with Gasteiger partial charge in [-0.2, -0.15) is 0 Å². The molecule has 3 nitrogen and oxygen atoms in total. The fraction of sp³-hybridized carbons (Fsp3) is 1.00. The molecule has 0 aromatic rings. The normalized spacial score (nSPS) is 32.8. The SMILES string of the molecule is CC1CNCC(C)CN(C(C)CS(C)=O)C1. The summed E-state index contributed by atoms with van der Waals surface area (Å²) in [5.74, 6) is 2.16. The van der Waals surface area contributed by atoms with E-state index in [9.17, 15) is 4.21 Å². The molecule has 1 aliphatic rings. The van der Waals surface area contributed by atoms with Crippen molar-refractivity contribution in [3.8, 4) is 0 Å². The molecule has 1 rings (SSSR count). The minimum absolute atomic E-state index is 0.439. The molecule has 0 spiro atoms. The van der Waals surface area contributed by atoms with Crippen molar-refractivity contribution in [1.29, 1.82) is 0 Å². The molecule has 1 aliphatic heterocycles. The van der Waals surface area contributed by atoms with Gasteiger partial charge in [-0.15, -0.1) is 0 Å². The summed E-state index contributed by atoms with van der Waals surface area (Å²) in [6.45, 7) is 11.2. The van der Waals surface area contributed by atoms with Crippen LogP contribution in [0.2, 0.25) is 0 Å². The molecule has 4 heteroatoms. The maximum Gasteiger partial charge on any atom is 0.0385 e. The summed E-state index contributed by atoms with van der Waals surface area (Å²) in [7, 11) is -0.687. The van der Waals surface area contributed by atoms with E-state index in [1.807, 2.05) is 0 Å². The van der Waals surface area contributed by atoms with Crippen molar-refractivity contribution in [2.75, 3.05) is 38.2 Å². The van der Waals surface area contributed by atoms with Gasteiger partial charge in [0.25, 0.3) is 0 Å². The van der Waals surface area contributed by atoms with Crippen LogP contribution in [0, 0.1) is 11.8 Å². The maximum absolute atomic E-state index is 11.3. The molecule has 0 amide bonds. The molecule has 16 heavy (non-hydrogen) atoms. The van der Waals surface area contributed by atoms with Crippen molar-refractivity contribution in [2.45, 2.75) is 26.8 Å². The Kier molecular flexibility index (Phi) is 5.94. The third kappa shape index (κ3) is 4.93. The molecule has 0 aromatic heterocycles. The molecule has 0 saturated carbocycles. The van der Waals surface area contributed by atoms with E-state index >= 15 is 0 Å². The first-order valence-electron chi connectivity index (χ1n) is 6.23. The van der Waals surface area contributed by atoms with Gasteiger partial charge in [0.15, 0.2) is 0 Å². The summed E-state index contributed by atoms with van der Waals surface area (Å²) in [6.07, 6.45) is 1.80. The highest BCUT2D eigenvalue weighted by Crippen LogP contribution is 2.11.